The molecule has 0 fully saturated rings. The predicted molar refractivity (Wildman–Crippen MR) is 98.4 cm³/mol. The van der Waals surface area contributed by atoms with Gasteiger partial charge in [0.1, 0.15) is 5.75 Å². The fourth-order valence-electron chi connectivity index (χ4n) is 2.69. The molecule has 6 nitrogen and oxygen atoms in total. The summed E-state index contributed by atoms with van der Waals surface area (Å²) in [6, 6.07) is 8.24. The molecule has 3 rings (SSSR count). The van der Waals surface area contributed by atoms with Gasteiger partial charge in [-0.2, -0.15) is 5.26 Å². The van der Waals surface area contributed by atoms with Crippen molar-refractivity contribution in [2.24, 2.45) is 0 Å². The fraction of sp³-hybridized carbons (Fsp3) is 0.263. The summed E-state index contributed by atoms with van der Waals surface area (Å²) in [5.74, 6) is 0.302. The van der Waals surface area contributed by atoms with Gasteiger partial charge in [0.15, 0.2) is 18.3 Å². The molecule has 2 aromatic rings. The Kier molecular flexibility index (Phi) is 6.07. The summed E-state index contributed by atoms with van der Waals surface area (Å²) in [4.78, 5) is 12.5. The van der Waals surface area contributed by atoms with E-state index in [4.69, 9.17) is 47.4 Å². The van der Waals surface area contributed by atoms with Crippen LogP contribution in [0.1, 0.15) is 23.6 Å². The number of carbonyl (C=O) groups is 1. The lowest BCUT2D eigenvalue weighted by Crippen LogP contribution is -2.17. The van der Waals surface area contributed by atoms with Crippen LogP contribution in [0, 0.1) is 11.3 Å². The van der Waals surface area contributed by atoms with E-state index in [0.29, 0.717) is 35.1 Å². The van der Waals surface area contributed by atoms with Crippen molar-refractivity contribution in [3.63, 3.8) is 0 Å². The molecular weight excluding hydrogens is 393 g/mol. The van der Waals surface area contributed by atoms with E-state index in [-0.39, 0.29) is 29.7 Å². The fourth-order valence-corrected chi connectivity index (χ4v) is 3.20. The van der Waals surface area contributed by atoms with E-state index in [0.717, 1.165) is 5.56 Å². The summed E-state index contributed by atoms with van der Waals surface area (Å²) in [7, 11) is 0. The molecule has 1 aliphatic rings. The van der Waals surface area contributed by atoms with E-state index in [1.165, 1.54) is 12.1 Å². The normalized spacial score (nSPS) is 12.5. The highest BCUT2D eigenvalue weighted by Crippen LogP contribution is 2.37. The molecule has 0 bridgehead atoms. The van der Waals surface area contributed by atoms with Gasteiger partial charge in [-0.25, -0.2) is 0 Å². The first-order valence-electron chi connectivity index (χ1n) is 8.10. The SMILES string of the molecule is CCOc1cc(C#N)cc(Cl)c1OC(=O)Cc1cc(Cl)cc2c1OCOC2. The number of halogens is 2. The molecule has 0 saturated heterocycles. The first-order chi connectivity index (χ1) is 13.0. The van der Waals surface area contributed by atoms with E-state index in [1.54, 1.807) is 19.1 Å². The lowest BCUT2D eigenvalue weighted by Gasteiger charge is -2.21. The molecule has 27 heavy (non-hydrogen) atoms. The minimum absolute atomic E-state index is 0.0719. The standard InChI is InChI=1S/C19H15Cl2NO5/c1-2-25-16-4-11(8-22)3-15(21)19(16)27-17(23)7-12-5-14(20)6-13-9-24-10-26-18(12)13/h3-6H,2,7,9-10H2,1H3. The molecule has 2 aromatic carbocycles. The number of carbonyl (C=O) groups excluding carboxylic acids is 1. The van der Waals surface area contributed by atoms with E-state index in [9.17, 15) is 4.79 Å². The molecule has 0 saturated carbocycles. The number of benzene rings is 2. The van der Waals surface area contributed by atoms with Gasteiger partial charge in [-0.3, -0.25) is 4.79 Å². The van der Waals surface area contributed by atoms with Crippen LogP contribution in [-0.2, 0) is 22.6 Å². The zero-order valence-corrected chi connectivity index (χ0v) is 15.9. The van der Waals surface area contributed by atoms with E-state index >= 15 is 0 Å². The molecule has 0 aliphatic carbocycles. The maximum Gasteiger partial charge on any atom is 0.315 e. The molecule has 0 aromatic heterocycles. The molecule has 0 radical (unpaired) electrons. The average molecular weight is 408 g/mol. The van der Waals surface area contributed by atoms with Gasteiger partial charge in [0.25, 0.3) is 0 Å². The number of nitriles is 1. The van der Waals surface area contributed by atoms with Gasteiger partial charge in [0.2, 0.25) is 0 Å². The molecular formula is C19H15Cl2NO5. The van der Waals surface area contributed by atoms with Crippen LogP contribution in [0.5, 0.6) is 17.2 Å². The van der Waals surface area contributed by atoms with Crippen molar-refractivity contribution in [1.82, 2.24) is 0 Å². The number of hydrogen-bond donors (Lipinski definition) is 0. The summed E-state index contributed by atoms with van der Waals surface area (Å²) in [5.41, 5.74) is 1.66. The lowest BCUT2D eigenvalue weighted by molar-refractivity contribution is -0.133. The Morgan fingerprint density at radius 1 is 1.30 bits per heavy atom. The number of esters is 1. The monoisotopic (exact) mass is 407 g/mol. The highest BCUT2D eigenvalue weighted by atomic mass is 35.5. The third-order valence-corrected chi connectivity index (χ3v) is 4.24. The Morgan fingerprint density at radius 3 is 2.85 bits per heavy atom. The van der Waals surface area contributed by atoms with Crippen molar-refractivity contribution in [2.45, 2.75) is 20.0 Å². The van der Waals surface area contributed by atoms with Crippen LogP contribution in [-0.4, -0.2) is 19.4 Å². The second kappa shape index (κ2) is 8.49. The predicted octanol–water partition coefficient (Wildman–Crippen LogP) is 4.28. The summed E-state index contributed by atoms with van der Waals surface area (Å²) in [6.45, 7) is 2.56. The van der Waals surface area contributed by atoms with Crippen LogP contribution in [0.2, 0.25) is 10.0 Å². The largest absolute Gasteiger partial charge is 0.490 e. The zero-order valence-electron chi connectivity index (χ0n) is 14.4. The van der Waals surface area contributed by atoms with Crippen LogP contribution in [0.4, 0.5) is 0 Å². The minimum Gasteiger partial charge on any atom is -0.490 e. The van der Waals surface area contributed by atoms with Gasteiger partial charge in [-0.1, -0.05) is 23.2 Å². The molecule has 0 atom stereocenters. The number of fused-ring (bicyclic) bond motifs is 1. The van der Waals surface area contributed by atoms with Crippen LogP contribution in [0.25, 0.3) is 0 Å². The van der Waals surface area contributed by atoms with Crippen molar-refractivity contribution in [1.29, 1.82) is 5.26 Å². The van der Waals surface area contributed by atoms with Crippen LogP contribution in [0.3, 0.4) is 0 Å². The third kappa shape index (κ3) is 4.45. The maximum absolute atomic E-state index is 12.5. The summed E-state index contributed by atoms with van der Waals surface area (Å²) >= 11 is 12.3. The van der Waals surface area contributed by atoms with E-state index in [2.05, 4.69) is 0 Å². The number of nitrogens with zero attached hydrogens (tertiary/aromatic N) is 1. The molecule has 8 heteroatoms. The molecule has 1 aliphatic heterocycles. The Labute approximate surface area is 166 Å². The highest BCUT2D eigenvalue weighted by Gasteiger charge is 2.21. The Hall–Kier alpha value is -2.46. The van der Waals surface area contributed by atoms with Crippen LogP contribution in [0.15, 0.2) is 24.3 Å². The molecule has 140 valence electrons. The maximum atomic E-state index is 12.5. The number of ether oxygens (including phenoxy) is 4. The Balaban J connectivity index is 1.85. The van der Waals surface area contributed by atoms with Gasteiger partial charge in [0, 0.05) is 22.2 Å². The van der Waals surface area contributed by atoms with Crippen molar-refractivity contribution in [3.8, 4) is 23.3 Å². The van der Waals surface area contributed by atoms with Crippen LogP contribution >= 0.6 is 23.2 Å². The third-order valence-electron chi connectivity index (χ3n) is 3.74. The van der Waals surface area contributed by atoms with Gasteiger partial charge in [-0.15, -0.1) is 0 Å². The summed E-state index contributed by atoms with van der Waals surface area (Å²) in [5, 5.41) is 9.64. The molecule has 1 heterocycles. The van der Waals surface area contributed by atoms with Crippen molar-refractivity contribution >= 4 is 29.2 Å². The van der Waals surface area contributed by atoms with E-state index in [1.807, 2.05) is 6.07 Å². The zero-order chi connectivity index (χ0) is 19.4. The minimum atomic E-state index is -0.567. The quantitative estimate of drug-likeness (QED) is 0.543. The number of rotatable bonds is 5. The first kappa shape index (κ1) is 19.3. The van der Waals surface area contributed by atoms with Crippen molar-refractivity contribution in [2.75, 3.05) is 13.4 Å². The Bertz CT molecular complexity index is 923. The average Bonchev–Trinajstić information content (AvgIpc) is 2.64. The van der Waals surface area contributed by atoms with E-state index < -0.39 is 5.97 Å². The number of hydrogen-bond acceptors (Lipinski definition) is 6. The van der Waals surface area contributed by atoms with Crippen LogP contribution < -0.4 is 14.2 Å². The molecule has 0 unspecified atom stereocenters. The molecule has 0 amide bonds. The van der Waals surface area contributed by atoms with Gasteiger partial charge in [-0.05, 0) is 25.1 Å². The lowest BCUT2D eigenvalue weighted by atomic mass is 10.1. The summed E-state index contributed by atoms with van der Waals surface area (Å²) in [6.07, 6.45) is -0.0786. The molecule has 0 spiro atoms. The second-order valence-corrected chi connectivity index (χ2v) is 6.49. The van der Waals surface area contributed by atoms with Gasteiger partial charge >= 0.3 is 5.97 Å². The van der Waals surface area contributed by atoms with Gasteiger partial charge < -0.3 is 18.9 Å². The van der Waals surface area contributed by atoms with Gasteiger partial charge in [0.05, 0.1) is 36.3 Å². The first-order valence-corrected chi connectivity index (χ1v) is 8.86. The Morgan fingerprint density at radius 2 is 2.11 bits per heavy atom. The second-order valence-electron chi connectivity index (χ2n) is 5.64. The summed E-state index contributed by atoms with van der Waals surface area (Å²) < 4.78 is 21.6. The van der Waals surface area contributed by atoms with Crippen molar-refractivity contribution < 1.29 is 23.7 Å². The molecule has 0 N–H and O–H groups in total. The highest BCUT2D eigenvalue weighted by molar-refractivity contribution is 6.32. The smallest absolute Gasteiger partial charge is 0.315 e. The van der Waals surface area contributed by atoms with Crippen molar-refractivity contribution in [3.05, 3.63) is 51.0 Å². The topological polar surface area (TPSA) is 77.8 Å².